The van der Waals surface area contributed by atoms with Crippen molar-refractivity contribution in [2.75, 3.05) is 0 Å². The van der Waals surface area contributed by atoms with Crippen LogP contribution in [0.4, 0.5) is 0 Å². The second-order valence-electron chi connectivity index (χ2n) is 4.33. The van der Waals surface area contributed by atoms with Crippen LogP contribution in [-0.2, 0) is 5.54 Å². The van der Waals surface area contributed by atoms with Gasteiger partial charge in [-0.1, -0.05) is 11.6 Å². The summed E-state index contributed by atoms with van der Waals surface area (Å²) >= 11 is 7.74. The summed E-state index contributed by atoms with van der Waals surface area (Å²) in [5, 5.41) is 1.63. The molecule has 0 bridgehead atoms. The standard InChI is InChI=1S/C11H13ClN2S/c1-6-4-7(12)9-8(5-6)15-10(14-9)11(2,3)13/h4-5H,13H2,1-3H3. The number of fused-ring (bicyclic) bond motifs is 1. The molecule has 2 nitrogen and oxygen atoms in total. The number of nitrogens with zero attached hydrogens (tertiary/aromatic N) is 1. The molecule has 0 fully saturated rings. The minimum Gasteiger partial charge on any atom is -0.320 e. The van der Waals surface area contributed by atoms with Gasteiger partial charge in [0.2, 0.25) is 0 Å². The molecule has 0 saturated heterocycles. The van der Waals surface area contributed by atoms with Gasteiger partial charge in [-0.25, -0.2) is 4.98 Å². The topological polar surface area (TPSA) is 38.9 Å². The van der Waals surface area contributed by atoms with E-state index in [9.17, 15) is 0 Å². The number of hydrogen-bond donors (Lipinski definition) is 1. The number of aryl methyl sites for hydroxylation is 1. The normalized spacial score (nSPS) is 12.3. The smallest absolute Gasteiger partial charge is 0.113 e. The van der Waals surface area contributed by atoms with Crippen LogP contribution in [-0.4, -0.2) is 4.98 Å². The number of hydrogen-bond acceptors (Lipinski definition) is 3. The van der Waals surface area contributed by atoms with Crippen molar-refractivity contribution in [3.63, 3.8) is 0 Å². The molecule has 2 aromatic rings. The highest BCUT2D eigenvalue weighted by atomic mass is 35.5. The molecule has 0 radical (unpaired) electrons. The van der Waals surface area contributed by atoms with Crippen molar-refractivity contribution in [1.29, 1.82) is 0 Å². The van der Waals surface area contributed by atoms with Crippen LogP contribution in [0.1, 0.15) is 24.4 Å². The maximum Gasteiger partial charge on any atom is 0.113 e. The molecule has 1 aromatic heterocycles. The summed E-state index contributed by atoms with van der Waals surface area (Å²) in [6.45, 7) is 5.93. The molecule has 80 valence electrons. The Hall–Kier alpha value is -0.640. The van der Waals surface area contributed by atoms with E-state index in [1.54, 1.807) is 11.3 Å². The van der Waals surface area contributed by atoms with E-state index in [1.807, 2.05) is 26.8 Å². The summed E-state index contributed by atoms with van der Waals surface area (Å²) in [5.74, 6) is 0. The SMILES string of the molecule is Cc1cc(Cl)c2nc(C(C)(C)N)sc2c1. The maximum absolute atomic E-state index is 6.13. The molecule has 0 amide bonds. The molecule has 0 aliphatic carbocycles. The van der Waals surface area contributed by atoms with Crippen molar-refractivity contribution in [2.45, 2.75) is 26.3 Å². The monoisotopic (exact) mass is 240 g/mol. The predicted molar refractivity (Wildman–Crippen MR) is 66.6 cm³/mol. The molecule has 0 unspecified atom stereocenters. The first-order valence-corrected chi connectivity index (χ1v) is 5.93. The zero-order valence-corrected chi connectivity index (χ0v) is 10.5. The van der Waals surface area contributed by atoms with Crippen LogP contribution in [0.25, 0.3) is 10.2 Å². The lowest BCUT2D eigenvalue weighted by atomic mass is 10.1. The number of thiazole rings is 1. The minimum atomic E-state index is -0.402. The number of rotatable bonds is 1. The lowest BCUT2D eigenvalue weighted by Crippen LogP contribution is -2.28. The second-order valence-corrected chi connectivity index (χ2v) is 5.77. The van der Waals surface area contributed by atoms with Crippen molar-refractivity contribution in [2.24, 2.45) is 5.73 Å². The van der Waals surface area contributed by atoms with Gasteiger partial charge in [0, 0.05) is 0 Å². The fourth-order valence-electron chi connectivity index (χ4n) is 1.39. The van der Waals surface area contributed by atoms with E-state index in [0.717, 1.165) is 20.8 Å². The van der Waals surface area contributed by atoms with E-state index in [1.165, 1.54) is 0 Å². The van der Waals surface area contributed by atoms with Gasteiger partial charge in [-0.15, -0.1) is 11.3 Å². The predicted octanol–water partition coefficient (Wildman–Crippen LogP) is 3.45. The van der Waals surface area contributed by atoms with Gasteiger partial charge in [0.05, 0.1) is 15.3 Å². The molecule has 0 aliphatic rings. The summed E-state index contributed by atoms with van der Waals surface area (Å²) in [5.41, 5.74) is 7.62. The van der Waals surface area contributed by atoms with Crippen LogP contribution < -0.4 is 5.73 Å². The van der Waals surface area contributed by atoms with Gasteiger partial charge in [-0.2, -0.15) is 0 Å². The van der Waals surface area contributed by atoms with Crippen molar-refractivity contribution < 1.29 is 0 Å². The third kappa shape index (κ3) is 2.00. The van der Waals surface area contributed by atoms with E-state index in [0.29, 0.717) is 5.02 Å². The molecule has 0 aliphatic heterocycles. The summed E-state index contributed by atoms with van der Waals surface area (Å²) < 4.78 is 1.11. The fraction of sp³-hybridized carbons (Fsp3) is 0.364. The van der Waals surface area contributed by atoms with Crippen LogP contribution in [0.5, 0.6) is 0 Å². The van der Waals surface area contributed by atoms with Crippen molar-refractivity contribution >= 4 is 33.2 Å². The number of aromatic nitrogens is 1. The average Bonchev–Trinajstić information content (AvgIpc) is 2.46. The average molecular weight is 241 g/mol. The fourth-order valence-corrected chi connectivity index (χ4v) is 2.87. The Morgan fingerprint density at radius 3 is 2.67 bits per heavy atom. The van der Waals surface area contributed by atoms with Crippen molar-refractivity contribution in [3.05, 3.63) is 27.7 Å². The highest BCUT2D eigenvalue weighted by molar-refractivity contribution is 7.18. The van der Waals surface area contributed by atoms with E-state index < -0.39 is 5.54 Å². The summed E-state index contributed by atoms with van der Waals surface area (Å²) in [4.78, 5) is 4.49. The molecule has 0 spiro atoms. The van der Waals surface area contributed by atoms with Gasteiger partial charge in [-0.3, -0.25) is 0 Å². The van der Waals surface area contributed by atoms with E-state index >= 15 is 0 Å². The van der Waals surface area contributed by atoms with Crippen LogP contribution >= 0.6 is 22.9 Å². The highest BCUT2D eigenvalue weighted by Gasteiger charge is 2.20. The van der Waals surface area contributed by atoms with E-state index in [4.69, 9.17) is 17.3 Å². The van der Waals surface area contributed by atoms with Gasteiger partial charge in [0.15, 0.2) is 0 Å². The Kier molecular flexibility index (Phi) is 2.49. The van der Waals surface area contributed by atoms with Crippen LogP contribution in [0.15, 0.2) is 12.1 Å². The Morgan fingerprint density at radius 1 is 1.40 bits per heavy atom. The zero-order chi connectivity index (χ0) is 11.2. The Bertz CT molecular complexity index is 511. The molecule has 2 rings (SSSR count). The molecular formula is C11H13ClN2S. The Morgan fingerprint density at radius 2 is 2.07 bits per heavy atom. The first-order chi connectivity index (χ1) is 6.88. The third-order valence-electron chi connectivity index (χ3n) is 2.14. The Balaban J connectivity index is 2.71. The third-order valence-corrected chi connectivity index (χ3v) is 3.77. The summed E-state index contributed by atoms with van der Waals surface area (Å²) in [6, 6.07) is 4.02. The first-order valence-electron chi connectivity index (χ1n) is 4.74. The summed E-state index contributed by atoms with van der Waals surface area (Å²) in [6.07, 6.45) is 0. The highest BCUT2D eigenvalue weighted by Crippen LogP contribution is 2.33. The minimum absolute atomic E-state index is 0.402. The van der Waals surface area contributed by atoms with Crippen molar-refractivity contribution in [1.82, 2.24) is 4.98 Å². The van der Waals surface area contributed by atoms with E-state index in [-0.39, 0.29) is 0 Å². The second kappa shape index (κ2) is 3.44. The molecule has 0 atom stereocenters. The molecular weight excluding hydrogens is 228 g/mol. The van der Waals surface area contributed by atoms with Gasteiger partial charge in [-0.05, 0) is 38.5 Å². The molecule has 4 heteroatoms. The first kappa shape index (κ1) is 10.9. The number of benzene rings is 1. The molecule has 2 N–H and O–H groups in total. The van der Waals surface area contributed by atoms with Gasteiger partial charge < -0.3 is 5.73 Å². The van der Waals surface area contributed by atoms with E-state index in [2.05, 4.69) is 11.1 Å². The quantitative estimate of drug-likeness (QED) is 0.829. The van der Waals surface area contributed by atoms with Crippen LogP contribution in [0, 0.1) is 6.92 Å². The van der Waals surface area contributed by atoms with Gasteiger partial charge in [0.25, 0.3) is 0 Å². The van der Waals surface area contributed by atoms with Crippen molar-refractivity contribution in [3.8, 4) is 0 Å². The molecule has 1 heterocycles. The molecule has 15 heavy (non-hydrogen) atoms. The van der Waals surface area contributed by atoms with Gasteiger partial charge >= 0.3 is 0 Å². The zero-order valence-electron chi connectivity index (χ0n) is 8.97. The number of halogens is 1. The lowest BCUT2D eigenvalue weighted by Gasteiger charge is -2.13. The largest absolute Gasteiger partial charge is 0.320 e. The van der Waals surface area contributed by atoms with Crippen LogP contribution in [0.2, 0.25) is 5.02 Å². The lowest BCUT2D eigenvalue weighted by molar-refractivity contribution is 0.551. The maximum atomic E-state index is 6.13. The van der Waals surface area contributed by atoms with Crippen LogP contribution in [0.3, 0.4) is 0 Å². The van der Waals surface area contributed by atoms with Gasteiger partial charge in [0.1, 0.15) is 10.5 Å². The number of nitrogens with two attached hydrogens (primary N) is 1. The molecule has 1 aromatic carbocycles. The Labute approximate surface area is 98.1 Å². The summed E-state index contributed by atoms with van der Waals surface area (Å²) in [7, 11) is 0. The molecule has 0 saturated carbocycles.